The van der Waals surface area contributed by atoms with Gasteiger partial charge in [0.15, 0.2) is 22.9 Å². The molecule has 3 aliphatic rings. The summed E-state index contributed by atoms with van der Waals surface area (Å²) in [4.78, 5) is 12.6. The van der Waals surface area contributed by atoms with Gasteiger partial charge >= 0.3 is 0 Å². The molecule has 0 saturated carbocycles. The number of allylic oxidation sites excluding steroid dienone is 1. The van der Waals surface area contributed by atoms with Gasteiger partial charge in [0.25, 0.3) is 0 Å². The first-order valence-electron chi connectivity index (χ1n) is 8.29. The number of hydrogen-bond donors (Lipinski definition) is 0. The van der Waals surface area contributed by atoms with Gasteiger partial charge in [-0.3, -0.25) is 4.79 Å². The minimum atomic E-state index is -0.984. The molecule has 2 heterocycles. The van der Waals surface area contributed by atoms with Crippen LogP contribution in [0.25, 0.3) is 0 Å². The molecule has 1 aromatic rings. The van der Waals surface area contributed by atoms with Crippen LogP contribution < -0.4 is 9.47 Å². The van der Waals surface area contributed by atoms with E-state index in [-0.39, 0.29) is 24.6 Å². The van der Waals surface area contributed by atoms with E-state index in [1.165, 1.54) is 0 Å². The van der Waals surface area contributed by atoms with Crippen LogP contribution in [0.3, 0.4) is 0 Å². The predicted molar refractivity (Wildman–Crippen MR) is 91.3 cm³/mol. The van der Waals surface area contributed by atoms with E-state index in [2.05, 4.69) is 13.5 Å². The Labute approximate surface area is 146 Å². The van der Waals surface area contributed by atoms with Crippen LogP contribution in [0.4, 0.5) is 0 Å². The van der Waals surface area contributed by atoms with Crippen molar-refractivity contribution in [3.63, 3.8) is 0 Å². The first-order valence-corrected chi connectivity index (χ1v) is 8.29. The van der Waals surface area contributed by atoms with Crippen LogP contribution in [-0.4, -0.2) is 25.3 Å². The molecule has 1 aromatic carbocycles. The second kappa shape index (κ2) is 5.77. The molecule has 5 nitrogen and oxygen atoms in total. The smallest absolute Gasteiger partial charge is 0.231 e. The lowest BCUT2D eigenvalue weighted by atomic mass is 9.82. The van der Waals surface area contributed by atoms with E-state index in [1.54, 1.807) is 19.3 Å². The topological polar surface area (TPSA) is 54.0 Å². The molecule has 2 aliphatic heterocycles. The molecule has 1 aliphatic carbocycles. The van der Waals surface area contributed by atoms with Crippen molar-refractivity contribution in [1.29, 1.82) is 0 Å². The summed E-state index contributed by atoms with van der Waals surface area (Å²) in [6.07, 6.45) is 5.39. The highest BCUT2D eigenvalue weighted by Crippen LogP contribution is 2.48. The quantitative estimate of drug-likeness (QED) is 0.786. The zero-order valence-electron chi connectivity index (χ0n) is 14.3. The molecule has 3 atom stereocenters. The number of hydrogen-bond acceptors (Lipinski definition) is 5. The third-order valence-electron chi connectivity index (χ3n) is 5.09. The highest BCUT2D eigenvalue weighted by molar-refractivity contribution is 6.01. The van der Waals surface area contributed by atoms with Crippen LogP contribution in [0.1, 0.15) is 25.0 Å². The Kier molecular flexibility index (Phi) is 3.69. The van der Waals surface area contributed by atoms with E-state index in [0.717, 1.165) is 22.6 Å². The molecule has 0 amide bonds. The molecule has 0 spiro atoms. The third-order valence-corrected chi connectivity index (χ3v) is 5.09. The summed E-state index contributed by atoms with van der Waals surface area (Å²) in [6.45, 7) is 6.07. The van der Waals surface area contributed by atoms with Gasteiger partial charge in [0.1, 0.15) is 11.9 Å². The van der Waals surface area contributed by atoms with Gasteiger partial charge in [0.2, 0.25) is 6.79 Å². The Hall–Kier alpha value is -2.53. The number of methoxy groups -OCH3 is 1. The number of ether oxygens (including phenoxy) is 4. The van der Waals surface area contributed by atoms with E-state index in [0.29, 0.717) is 12.2 Å². The third kappa shape index (κ3) is 2.38. The molecule has 2 unspecified atom stereocenters. The Morgan fingerprint density at radius 3 is 2.92 bits per heavy atom. The Morgan fingerprint density at radius 2 is 2.16 bits per heavy atom. The van der Waals surface area contributed by atoms with Crippen molar-refractivity contribution in [3.05, 3.63) is 59.9 Å². The van der Waals surface area contributed by atoms with Crippen molar-refractivity contribution in [2.75, 3.05) is 13.9 Å². The van der Waals surface area contributed by atoms with E-state index < -0.39 is 5.60 Å². The molecular weight excluding hydrogens is 320 g/mol. The highest BCUT2D eigenvalue weighted by Gasteiger charge is 2.45. The summed E-state index contributed by atoms with van der Waals surface area (Å²) in [5.41, 5.74) is 1.00. The molecule has 0 bridgehead atoms. The summed E-state index contributed by atoms with van der Waals surface area (Å²) in [6, 6.07) is 5.81. The number of carbonyl (C=O) groups is 1. The van der Waals surface area contributed by atoms with Gasteiger partial charge in [-0.15, -0.1) is 6.58 Å². The predicted octanol–water partition coefficient (Wildman–Crippen LogP) is 3.48. The number of benzene rings is 1. The maximum Gasteiger partial charge on any atom is 0.231 e. The highest BCUT2D eigenvalue weighted by atomic mass is 16.7. The molecule has 0 N–H and O–H groups in total. The maximum atomic E-state index is 12.6. The molecule has 1 saturated heterocycles. The molecule has 1 fully saturated rings. The van der Waals surface area contributed by atoms with Crippen molar-refractivity contribution in [2.24, 2.45) is 5.92 Å². The number of fused-ring (bicyclic) bond motifs is 2. The molecule has 0 radical (unpaired) electrons. The van der Waals surface area contributed by atoms with E-state index in [9.17, 15) is 4.79 Å². The second-order valence-electron chi connectivity index (χ2n) is 6.50. The van der Waals surface area contributed by atoms with Crippen molar-refractivity contribution < 1.29 is 23.7 Å². The van der Waals surface area contributed by atoms with E-state index in [4.69, 9.17) is 18.9 Å². The minimum absolute atomic E-state index is 0.0825. The fourth-order valence-corrected chi connectivity index (χ4v) is 3.64. The molecule has 0 aromatic heterocycles. The van der Waals surface area contributed by atoms with Crippen LogP contribution in [0.2, 0.25) is 0 Å². The largest absolute Gasteiger partial charge is 0.485 e. The van der Waals surface area contributed by atoms with Crippen LogP contribution in [0.15, 0.2) is 54.3 Å². The average molecular weight is 340 g/mol. The number of rotatable bonds is 4. The molecule has 130 valence electrons. The Morgan fingerprint density at radius 1 is 1.36 bits per heavy atom. The molecule has 5 heteroatoms. The summed E-state index contributed by atoms with van der Waals surface area (Å²) in [5.74, 6) is 2.05. The fourth-order valence-electron chi connectivity index (χ4n) is 3.64. The van der Waals surface area contributed by atoms with Gasteiger partial charge in [-0.1, -0.05) is 19.1 Å². The minimum Gasteiger partial charge on any atom is -0.485 e. The Bertz CT molecular complexity index is 806. The average Bonchev–Trinajstić information content (AvgIpc) is 3.20. The normalized spacial score (nSPS) is 29.6. The summed E-state index contributed by atoms with van der Waals surface area (Å²) in [7, 11) is 1.55. The van der Waals surface area contributed by atoms with Gasteiger partial charge in [-0.2, -0.15) is 0 Å². The van der Waals surface area contributed by atoms with Gasteiger partial charge < -0.3 is 18.9 Å². The Balaban J connectivity index is 1.70. The lowest BCUT2D eigenvalue weighted by Gasteiger charge is -2.29. The number of carbonyl (C=O) groups excluding carboxylic acids is 1. The van der Waals surface area contributed by atoms with Crippen molar-refractivity contribution in [3.8, 4) is 11.5 Å². The first-order chi connectivity index (χ1) is 12.1. The standard InChI is InChI=1S/C20H20O5/c1-4-7-20(22-3)10-14-12(2)19(25-16(14)9-18(20)21)13-5-6-15-17(8-13)24-11-23-15/h4-6,8-10,12,19H,1,7,11H2,2-3H3/t12?,19?,20-/m1/s1. The van der Waals surface area contributed by atoms with Crippen molar-refractivity contribution in [1.82, 2.24) is 0 Å². The molecule has 4 rings (SSSR count). The zero-order chi connectivity index (χ0) is 17.6. The van der Waals surface area contributed by atoms with E-state index >= 15 is 0 Å². The maximum absolute atomic E-state index is 12.6. The van der Waals surface area contributed by atoms with Gasteiger partial charge in [0, 0.05) is 31.1 Å². The monoisotopic (exact) mass is 340 g/mol. The van der Waals surface area contributed by atoms with Crippen molar-refractivity contribution >= 4 is 5.78 Å². The molecule has 25 heavy (non-hydrogen) atoms. The van der Waals surface area contributed by atoms with Gasteiger partial charge in [-0.05, 0) is 23.8 Å². The zero-order valence-corrected chi connectivity index (χ0v) is 14.3. The summed E-state index contributed by atoms with van der Waals surface area (Å²) < 4.78 is 22.5. The number of ketones is 1. The first kappa shape index (κ1) is 16.0. The second-order valence-corrected chi connectivity index (χ2v) is 6.50. The van der Waals surface area contributed by atoms with E-state index in [1.807, 2.05) is 24.3 Å². The molecular formula is C20H20O5. The van der Waals surface area contributed by atoms with Gasteiger partial charge in [0.05, 0.1) is 0 Å². The summed E-state index contributed by atoms with van der Waals surface area (Å²) >= 11 is 0. The fraction of sp³-hybridized carbons (Fsp3) is 0.350. The summed E-state index contributed by atoms with van der Waals surface area (Å²) in [5, 5.41) is 0. The lowest BCUT2D eigenvalue weighted by Crippen LogP contribution is -2.39. The SMILES string of the molecule is C=CC[C@@]1(OC)C=C2C(=CC1=O)OC(c1ccc3c(c1)OCO3)C2C. The van der Waals surface area contributed by atoms with Crippen LogP contribution in [-0.2, 0) is 14.3 Å². The van der Waals surface area contributed by atoms with Crippen LogP contribution in [0.5, 0.6) is 11.5 Å². The van der Waals surface area contributed by atoms with Gasteiger partial charge in [-0.25, -0.2) is 0 Å². The lowest BCUT2D eigenvalue weighted by molar-refractivity contribution is -0.130. The van der Waals surface area contributed by atoms with Crippen LogP contribution in [0, 0.1) is 5.92 Å². The van der Waals surface area contributed by atoms with Crippen molar-refractivity contribution in [2.45, 2.75) is 25.0 Å². The van der Waals surface area contributed by atoms with Crippen LogP contribution >= 0.6 is 0 Å².